The average molecular weight is 238 g/mol. The fraction of sp³-hybridized carbons (Fsp3) is 0.176. The van der Waals surface area contributed by atoms with Gasteiger partial charge in [0.25, 0.3) is 0 Å². The van der Waals surface area contributed by atoms with Gasteiger partial charge in [-0.1, -0.05) is 55.8 Å². The second kappa shape index (κ2) is 6.65. The first-order chi connectivity index (χ1) is 8.88. The Labute approximate surface area is 109 Å². The van der Waals surface area contributed by atoms with Crippen molar-refractivity contribution in [2.75, 3.05) is 0 Å². The Morgan fingerprint density at radius 3 is 2.50 bits per heavy atom. The summed E-state index contributed by atoms with van der Waals surface area (Å²) in [7, 11) is 0. The molecule has 2 aromatic carbocycles. The smallest absolute Gasteiger partial charge is 0.128 e. The van der Waals surface area contributed by atoms with E-state index in [1.54, 1.807) is 0 Å². The predicted octanol–water partition coefficient (Wildman–Crippen LogP) is 5.29. The molecule has 92 valence electrons. The molecule has 0 unspecified atom stereocenters. The van der Waals surface area contributed by atoms with Crippen molar-refractivity contribution in [3.05, 3.63) is 66.2 Å². The second-order valence-electron chi connectivity index (χ2n) is 4.18. The van der Waals surface area contributed by atoms with E-state index in [-0.39, 0.29) is 0 Å². The summed E-state index contributed by atoms with van der Waals surface area (Å²) >= 11 is 0. The highest BCUT2D eigenvalue weighted by Crippen LogP contribution is 2.22. The van der Waals surface area contributed by atoms with Gasteiger partial charge in [-0.05, 0) is 36.2 Å². The van der Waals surface area contributed by atoms with Gasteiger partial charge in [0.1, 0.15) is 11.5 Å². The van der Waals surface area contributed by atoms with E-state index < -0.39 is 0 Å². The number of ether oxygens (including phenoxy) is 1. The zero-order valence-electron chi connectivity index (χ0n) is 10.7. The molecule has 0 bridgehead atoms. The molecule has 0 radical (unpaired) electrons. The van der Waals surface area contributed by atoms with Gasteiger partial charge in [-0.25, -0.2) is 0 Å². The van der Waals surface area contributed by atoms with Crippen LogP contribution >= 0.6 is 0 Å². The van der Waals surface area contributed by atoms with Gasteiger partial charge in [0.2, 0.25) is 0 Å². The quantitative estimate of drug-likeness (QED) is 0.687. The van der Waals surface area contributed by atoms with Crippen LogP contribution in [0.25, 0.3) is 6.08 Å². The van der Waals surface area contributed by atoms with E-state index in [0.29, 0.717) is 0 Å². The number of rotatable bonds is 5. The summed E-state index contributed by atoms with van der Waals surface area (Å²) < 4.78 is 5.79. The molecule has 1 nitrogen and oxygen atoms in total. The number of unbranched alkanes of at least 4 members (excludes halogenated alkanes) is 1. The number of benzene rings is 2. The lowest BCUT2D eigenvalue weighted by Gasteiger charge is -2.05. The van der Waals surface area contributed by atoms with Crippen LogP contribution in [0.2, 0.25) is 0 Å². The number of para-hydroxylation sites is 1. The van der Waals surface area contributed by atoms with E-state index >= 15 is 0 Å². The molecule has 0 aliphatic rings. The SMILES string of the molecule is CCC/C=C/c1cccc(Oc2ccccc2)c1. The third-order valence-electron chi connectivity index (χ3n) is 2.60. The Bertz CT molecular complexity index is 500. The van der Waals surface area contributed by atoms with Crippen LogP contribution in [0.15, 0.2) is 60.7 Å². The Morgan fingerprint density at radius 2 is 1.72 bits per heavy atom. The van der Waals surface area contributed by atoms with Gasteiger partial charge in [0.05, 0.1) is 0 Å². The minimum Gasteiger partial charge on any atom is -0.457 e. The number of hydrogen-bond acceptors (Lipinski definition) is 1. The molecule has 0 spiro atoms. The molecule has 0 aliphatic heterocycles. The van der Waals surface area contributed by atoms with E-state index in [0.717, 1.165) is 17.9 Å². The van der Waals surface area contributed by atoms with Crippen molar-refractivity contribution < 1.29 is 4.74 Å². The van der Waals surface area contributed by atoms with Crippen LogP contribution in [0.5, 0.6) is 11.5 Å². The lowest BCUT2D eigenvalue weighted by atomic mass is 10.2. The van der Waals surface area contributed by atoms with Crippen molar-refractivity contribution in [1.82, 2.24) is 0 Å². The van der Waals surface area contributed by atoms with Gasteiger partial charge in [0.15, 0.2) is 0 Å². The van der Waals surface area contributed by atoms with Crippen molar-refractivity contribution in [2.24, 2.45) is 0 Å². The lowest BCUT2D eigenvalue weighted by molar-refractivity contribution is 0.482. The molecule has 18 heavy (non-hydrogen) atoms. The third-order valence-corrected chi connectivity index (χ3v) is 2.60. The zero-order valence-corrected chi connectivity index (χ0v) is 10.7. The first kappa shape index (κ1) is 12.4. The van der Waals surface area contributed by atoms with Crippen LogP contribution < -0.4 is 4.74 Å². The standard InChI is InChI=1S/C17H18O/c1-2-3-5-9-15-10-8-13-17(14-15)18-16-11-6-4-7-12-16/h4-14H,2-3H2,1H3/b9-5+. The minimum atomic E-state index is 0.868. The van der Waals surface area contributed by atoms with Crippen LogP contribution in [0.4, 0.5) is 0 Å². The fourth-order valence-electron chi connectivity index (χ4n) is 1.69. The van der Waals surface area contributed by atoms with Crippen molar-refractivity contribution in [3.8, 4) is 11.5 Å². The molecule has 0 fully saturated rings. The Morgan fingerprint density at radius 1 is 0.944 bits per heavy atom. The van der Waals surface area contributed by atoms with Crippen LogP contribution in [0.1, 0.15) is 25.3 Å². The van der Waals surface area contributed by atoms with E-state index in [9.17, 15) is 0 Å². The Kier molecular flexibility index (Phi) is 4.60. The van der Waals surface area contributed by atoms with Gasteiger partial charge < -0.3 is 4.74 Å². The molecule has 0 amide bonds. The summed E-state index contributed by atoms with van der Waals surface area (Å²) in [5, 5.41) is 0. The summed E-state index contributed by atoms with van der Waals surface area (Å²) in [6.45, 7) is 2.18. The molecule has 0 N–H and O–H groups in total. The van der Waals surface area contributed by atoms with Gasteiger partial charge in [-0.3, -0.25) is 0 Å². The maximum absolute atomic E-state index is 5.79. The van der Waals surface area contributed by atoms with Gasteiger partial charge in [-0.2, -0.15) is 0 Å². The summed E-state index contributed by atoms with van der Waals surface area (Å²) in [6, 6.07) is 18.0. The van der Waals surface area contributed by atoms with E-state index in [2.05, 4.69) is 31.2 Å². The maximum atomic E-state index is 5.79. The molecule has 0 atom stereocenters. The average Bonchev–Trinajstić information content (AvgIpc) is 2.41. The monoisotopic (exact) mass is 238 g/mol. The third kappa shape index (κ3) is 3.77. The van der Waals surface area contributed by atoms with Crippen molar-refractivity contribution in [2.45, 2.75) is 19.8 Å². The van der Waals surface area contributed by atoms with E-state index in [1.807, 2.05) is 42.5 Å². The summed E-state index contributed by atoms with van der Waals surface area (Å²) in [5.41, 5.74) is 1.18. The lowest BCUT2D eigenvalue weighted by Crippen LogP contribution is -1.83. The Balaban J connectivity index is 2.08. The largest absolute Gasteiger partial charge is 0.457 e. The molecule has 2 aromatic rings. The van der Waals surface area contributed by atoms with Crippen molar-refractivity contribution in [1.29, 1.82) is 0 Å². The molecule has 1 heteroatoms. The molecular weight excluding hydrogens is 220 g/mol. The number of allylic oxidation sites excluding steroid dienone is 1. The van der Waals surface area contributed by atoms with Crippen LogP contribution in [-0.4, -0.2) is 0 Å². The van der Waals surface area contributed by atoms with E-state index in [4.69, 9.17) is 4.74 Å². The molecule has 0 saturated carbocycles. The normalized spacial score (nSPS) is 10.7. The zero-order chi connectivity index (χ0) is 12.6. The number of hydrogen-bond donors (Lipinski definition) is 0. The van der Waals surface area contributed by atoms with E-state index in [1.165, 1.54) is 12.0 Å². The predicted molar refractivity (Wildman–Crippen MR) is 76.9 cm³/mol. The van der Waals surface area contributed by atoms with Gasteiger partial charge >= 0.3 is 0 Å². The Hall–Kier alpha value is -2.02. The summed E-state index contributed by atoms with van der Waals surface area (Å²) in [6.07, 6.45) is 6.63. The first-order valence-electron chi connectivity index (χ1n) is 6.38. The van der Waals surface area contributed by atoms with Gasteiger partial charge in [-0.15, -0.1) is 0 Å². The molecule has 0 heterocycles. The van der Waals surface area contributed by atoms with Crippen molar-refractivity contribution in [3.63, 3.8) is 0 Å². The van der Waals surface area contributed by atoms with Gasteiger partial charge in [0, 0.05) is 0 Å². The molecular formula is C17H18O. The van der Waals surface area contributed by atoms with Crippen LogP contribution in [-0.2, 0) is 0 Å². The summed E-state index contributed by atoms with van der Waals surface area (Å²) in [5.74, 6) is 1.74. The topological polar surface area (TPSA) is 9.23 Å². The minimum absolute atomic E-state index is 0.868. The molecule has 0 aliphatic carbocycles. The maximum Gasteiger partial charge on any atom is 0.128 e. The van der Waals surface area contributed by atoms with Crippen molar-refractivity contribution >= 4 is 6.08 Å². The fourth-order valence-corrected chi connectivity index (χ4v) is 1.69. The second-order valence-corrected chi connectivity index (χ2v) is 4.18. The molecule has 0 saturated heterocycles. The highest BCUT2D eigenvalue weighted by Gasteiger charge is 1.96. The highest BCUT2D eigenvalue weighted by atomic mass is 16.5. The highest BCUT2D eigenvalue weighted by molar-refractivity contribution is 5.52. The van der Waals surface area contributed by atoms with Crippen LogP contribution in [0.3, 0.4) is 0 Å². The summed E-state index contributed by atoms with van der Waals surface area (Å²) in [4.78, 5) is 0. The van der Waals surface area contributed by atoms with Crippen LogP contribution in [0, 0.1) is 0 Å². The molecule has 2 rings (SSSR count). The first-order valence-corrected chi connectivity index (χ1v) is 6.38. The molecule has 0 aromatic heterocycles.